The maximum absolute atomic E-state index is 13.3. The van der Waals surface area contributed by atoms with Crippen LogP contribution in [0.1, 0.15) is 69.2 Å². The van der Waals surface area contributed by atoms with Crippen molar-refractivity contribution in [3.63, 3.8) is 0 Å². The molecule has 1 aliphatic carbocycles. The highest BCUT2D eigenvalue weighted by molar-refractivity contribution is 5.97. The molecule has 3 rings (SSSR count). The number of hydrogen-bond donors (Lipinski definition) is 2. The molecular weight excluding hydrogens is 394 g/mol. The molecule has 31 heavy (non-hydrogen) atoms. The van der Waals surface area contributed by atoms with Gasteiger partial charge in [-0.1, -0.05) is 38.0 Å². The molecule has 1 saturated heterocycles. The minimum atomic E-state index is -0.997. The van der Waals surface area contributed by atoms with Crippen LogP contribution < -0.4 is 10.6 Å². The van der Waals surface area contributed by atoms with Gasteiger partial charge in [-0.25, -0.2) is 0 Å². The van der Waals surface area contributed by atoms with E-state index in [2.05, 4.69) is 10.6 Å². The third-order valence-electron chi connectivity index (χ3n) is 6.61. The molecule has 0 spiro atoms. The van der Waals surface area contributed by atoms with Crippen molar-refractivity contribution in [2.45, 2.75) is 76.5 Å². The van der Waals surface area contributed by atoms with E-state index >= 15 is 0 Å². The average molecular weight is 430 g/mol. The van der Waals surface area contributed by atoms with Crippen molar-refractivity contribution in [1.82, 2.24) is 15.5 Å². The van der Waals surface area contributed by atoms with Crippen LogP contribution in [0.3, 0.4) is 0 Å². The second-order valence-electron chi connectivity index (χ2n) is 8.77. The van der Waals surface area contributed by atoms with Crippen LogP contribution in [0.15, 0.2) is 30.3 Å². The predicted molar refractivity (Wildman–Crippen MR) is 119 cm³/mol. The largest absolute Gasteiger partial charge is 0.376 e. The Morgan fingerprint density at radius 3 is 2.42 bits per heavy atom. The van der Waals surface area contributed by atoms with Crippen LogP contribution in [-0.4, -0.2) is 60.0 Å². The highest BCUT2D eigenvalue weighted by Crippen LogP contribution is 2.26. The van der Waals surface area contributed by atoms with E-state index < -0.39 is 5.54 Å². The molecule has 7 heteroatoms. The molecule has 170 valence electrons. The summed E-state index contributed by atoms with van der Waals surface area (Å²) in [6, 6.07) is 8.98. The number of hydrogen-bond acceptors (Lipinski definition) is 4. The molecule has 3 amide bonds. The van der Waals surface area contributed by atoms with E-state index in [-0.39, 0.29) is 36.4 Å². The first-order valence-corrected chi connectivity index (χ1v) is 11.5. The molecule has 2 aliphatic rings. The SMILES string of the molecule is CC[C@](C)(C(=O)NC1CCCC1)N(C[C@H]1CCCO1)C(=O)CNC(=O)c1ccccc1. The van der Waals surface area contributed by atoms with Gasteiger partial charge in [0.15, 0.2) is 0 Å². The Kier molecular flexibility index (Phi) is 8.07. The Hall–Kier alpha value is -2.41. The lowest BCUT2D eigenvalue weighted by molar-refractivity contribution is -0.149. The second-order valence-corrected chi connectivity index (χ2v) is 8.77. The van der Waals surface area contributed by atoms with Crippen LogP contribution in [-0.2, 0) is 14.3 Å². The Morgan fingerprint density at radius 1 is 1.10 bits per heavy atom. The molecule has 2 fully saturated rings. The maximum Gasteiger partial charge on any atom is 0.251 e. The van der Waals surface area contributed by atoms with Crippen molar-refractivity contribution in [2.75, 3.05) is 19.7 Å². The van der Waals surface area contributed by atoms with Gasteiger partial charge >= 0.3 is 0 Å². The normalized spacial score (nSPS) is 20.8. The standard InChI is InChI=1S/C24H35N3O4/c1-3-24(2,23(30)26-19-12-7-8-13-19)27(17-20-14-9-15-31-20)21(28)16-25-22(29)18-10-5-4-6-11-18/h4-6,10-11,19-20H,3,7-9,12-17H2,1-2H3,(H,25,29)(H,26,30)/t20-,24-/m1/s1. The number of ether oxygens (including phenoxy) is 1. The van der Waals surface area contributed by atoms with Gasteiger partial charge in [-0.15, -0.1) is 0 Å². The van der Waals surface area contributed by atoms with E-state index in [1.54, 1.807) is 29.2 Å². The van der Waals surface area contributed by atoms with Crippen molar-refractivity contribution in [1.29, 1.82) is 0 Å². The number of rotatable bonds is 9. The maximum atomic E-state index is 13.3. The fourth-order valence-electron chi connectivity index (χ4n) is 4.40. The molecule has 0 aromatic heterocycles. The zero-order chi connectivity index (χ0) is 22.3. The van der Waals surface area contributed by atoms with Gasteiger partial charge in [-0.2, -0.15) is 0 Å². The Bertz CT molecular complexity index is 757. The van der Waals surface area contributed by atoms with Crippen LogP contribution >= 0.6 is 0 Å². The third kappa shape index (κ3) is 5.85. The first-order valence-electron chi connectivity index (χ1n) is 11.5. The Labute approximate surface area is 184 Å². The molecule has 0 bridgehead atoms. The highest BCUT2D eigenvalue weighted by atomic mass is 16.5. The van der Waals surface area contributed by atoms with E-state index in [4.69, 9.17) is 4.74 Å². The van der Waals surface area contributed by atoms with Gasteiger partial charge in [0.1, 0.15) is 5.54 Å². The quantitative estimate of drug-likeness (QED) is 0.632. The first kappa shape index (κ1) is 23.3. The summed E-state index contributed by atoms with van der Waals surface area (Å²) in [6.45, 7) is 4.61. The highest BCUT2D eigenvalue weighted by Gasteiger charge is 2.42. The predicted octanol–water partition coefficient (Wildman–Crippen LogP) is 2.65. The molecule has 1 aliphatic heterocycles. The van der Waals surface area contributed by atoms with Crippen LogP contribution in [0.4, 0.5) is 0 Å². The molecule has 0 unspecified atom stereocenters. The molecule has 1 aromatic carbocycles. The van der Waals surface area contributed by atoms with E-state index in [0.29, 0.717) is 25.1 Å². The lowest BCUT2D eigenvalue weighted by atomic mass is 9.93. The van der Waals surface area contributed by atoms with Crippen molar-refractivity contribution < 1.29 is 19.1 Å². The number of nitrogens with zero attached hydrogens (tertiary/aromatic N) is 1. The summed E-state index contributed by atoms with van der Waals surface area (Å²) in [6.07, 6.45) is 6.43. The molecule has 0 radical (unpaired) electrons. The number of amides is 3. The Morgan fingerprint density at radius 2 is 1.81 bits per heavy atom. The smallest absolute Gasteiger partial charge is 0.251 e. The zero-order valence-corrected chi connectivity index (χ0v) is 18.7. The summed E-state index contributed by atoms with van der Waals surface area (Å²) in [4.78, 5) is 40.6. The van der Waals surface area contributed by atoms with Gasteiger partial charge in [0, 0.05) is 24.8 Å². The lowest BCUT2D eigenvalue weighted by Gasteiger charge is -2.41. The number of nitrogens with one attached hydrogen (secondary N) is 2. The second kappa shape index (κ2) is 10.8. The molecular formula is C24H35N3O4. The van der Waals surface area contributed by atoms with Gasteiger partial charge in [0.2, 0.25) is 11.8 Å². The molecule has 7 nitrogen and oxygen atoms in total. The molecule has 1 saturated carbocycles. The van der Waals surface area contributed by atoms with E-state index in [9.17, 15) is 14.4 Å². The van der Waals surface area contributed by atoms with E-state index in [1.807, 2.05) is 19.9 Å². The molecule has 1 heterocycles. The zero-order valence-electron chi connectivity index (χ0n) is 18.7. The molecule has 2 atom stereocenters. The fraction of sp³-hybridized carbons (Fsp3) is 0.625. The number of benzene rings is 1. The van der Waals surface area contributed by atoms with Crippen LogP contribution in [0.25, 0.3) is 0 Å². The van der Waals surface area contributed by atoms with Gasteiger partial charge in [0.05, 0.1) is 12.6 Å². The van der Waals surface area contributed by atoms with E-state index in [0.717, 1.165) is 38.5 Å². The van der Waals surface area contributed by atoms with Crippen molar-refractivity contribution in [3.8, 4) is 0 Å². The summed E-state index contributed by atoms with van der Waals surface area (Å²) >= 11 is 0. The summed E-state index contributed by atoms with van der Waals surface area (Å²) < 4.78 is 5.77. The van der Waals surface area contributed by atoms with Crippen LogP contribution in [0, 0.1) is 0 Å². The van der Waals surface area contributed by atoms with E-state index in [1.165, 1.54) is 0 Å². The summed E-state index contributed by atoms with van der Waals surface area (Å²) in [5.41, 5.74) is -0.499. The summed E-state index contributed by atoms with van der Waals surface area (Å²) in [7, 11) is 0. The summed E-state index contributed by atoms with van der Waals surface area (Å²) in [5, 5.41) is 5.87. The number of carbonyl (C=O) groups excluding carboxylic acids is 3. The molecule has 2 N–H and O–H groups in total. The topological polar surface area (TPSA) is 87.7 Å². The fourth-order valence-corrected chi connectivity index (χ4v) is 4.40. The minimum Gasteiger partial charge on any atom is -0.376 e. The molecule has 1 aromatic rings. The minimum absolute atomic E-state index is 0.0843. The van der Waals surface area contributed by atoms with Gasteiger partial charge < -0.3 is 20.3 Å². The van der Waals surface area contributed by atoms with Crippen molar-refractivity contribution in [2.24, 2.45) is 0 Å². The van der Waals surface area contributed by atoms with Crippen molar-refractivity contribution >= 4 is 17.7 Å². The van der Waals surface area contributed by atoms with Gasteiger partial charge in [0.25, 0.3) is 5.91 Å². The summed E-state index contributed by atoms with van der Waals surface area (Å²) in [5.74, 6) is -0.701. The van der Waals surface area contributed by atoms with Crippen molar-refractivity contribution in [3.05, 3.63) is 35.9 Å². The van der Waals surface area contributed by atoms with Gasteiger partial charge in [-0.3, -0.25) is 14.4 Å². The number of carbonyl (C=O) groups is 3. The average Bonchev–Trinajstić information content (AvgIpc) is 3.50. The first-order chi connectivity index (χ1) is 14.9. The van der Waals surface area contributed by atoms with Crippen LogP contribution in [0.2, 0.25) is 0 Å². The van der Waals surface area contributed by atoms with Gasteiger partial charge in [-0.05, 0) is 51.2 Å². The lowest BCUT2D eigenvalue weighted by Crippen LogP contribution is -2.62. The monoisotopic (exact) mass is 429 g/mol. The Balaban J connectivity index is 1.72. The van der Waals surface area contributed by atoms with Crippen LogP contribution in [0.5, 0.6) is 0 Å². The third-order valence-corrected chi connectivity index (χ3v) is 6.61.